The summed E-state index contributed by atoms with van der Waals surface area (Å²) in [5.41, 5.74) is 6.68. The number of anilines is 1. The number of carbonyl (C=O) groups excluding carboxylic acids is 1. The Labute approximate surface area is 135 Å². The van der Waals surface area contributed by atoms with Gasteiger partial charge in [-0.25, -0.2) is 13.6 Å². The van der Waals surface area contributed by atoms with Gasteiger partial charge >= 0.3 is 5.97 Å². The minimum atomic E-state index is -0.879. The lowest BCUT2D eigenvalue weighted by Gasteiger charge is -2.15. The predicted molar refractivity (Wildman–Crippen MR) is 82.3 cm³/mol. The molecule has 0 aromatic heterocycles. The number of benzene rings is 2. The zero-order valence-corrected chi connectivity index (χ0v) is 13.1. The van der Waals surface area contributed by atoms with E-state index in [-0.39, 0.29) is 32.4 Å². The van der Waals surface area contributed by atoms with E-state index in [2.05, 4.69) is 4.74 Å². The number of hydrogen-bond donors (Lipinski definition) is 1. The quantitative estimate of drug-likeness (QED) is 0.491. The Balaban J connectivity index is 2.75. The molecule has 0 aliphatic carbocycles. The zero-order chi connectivity index (χ0) is 16.6. The van der Waals surface area contributed by atoms with Gasteiger partial charge in [0.2, 0.25) is 0 Å². The Morgan fingerprint density at radius 2 is 1.77 bits per heavy atom. The molecule has 0 spiro atoms. The molecular weight excluding hydrogens is 335 g/mol. The van der Waals surface area contributed by atoms with Gasteiger partial charge in [0, 0.05) is 27.9 Å². The molecule has 0 heterocycles. The molecule has 0 saturated carbocycles. The molecular formula is C15H11Cl2F2NO2. The number of carbonyl (C=O) groups is 1. The summed E-state index contributed by atoms with van der Waals surface area (Å²) in [6.07, 6.45) is 0. The average Bonchev–Trinajstić information content (AvgIpc) is 2.47. The third kappa shape index (κ3) is 2.74. The second-order valence-electron chi connectivity index (χ2n) is 4.56. The highest BCUT2D eigenvalue weighted by Crippen LogP contribution is 2.39. The molecule has 0 aliphatic heterocycles. The van der Waals surface area contributed by atoms with Crippen LogP contribution >= 0.6 is 23.2 Å². The number of nitrogens with two attached hydrogens (primary N) is 1. The number of ether oxygens (including phenoxy) is 1. The van der Waals surface area contributed by atoms with Crippen LogP contribution in [0.5, 0.6) is 0 Å². The normalized spacial score (nSPS) is 10.6. The molecule has 0 amide bonds. The van der Waals surface area contributed by atoms with Crippen LogP contribution in [0.4, 0.5) is 14.5 Å². The second kappa shape index (κ2) is 6.10. The van der Waals surface area contributed by atoms with Crippen molar-refractivity contribution in [2.24, 2.45) is 0 Å². The molecule has 0 bridgehead atoms. The second-order valence-corrected chi connectivity index (χ2v) is 5.37. The Morgan fingerprint density at radius 3 is 2.36 bits per heavy atom. The first-order valence-corrected chi connectivity index (χ1v) is 6.85. The standard InChI is InChI=1S/C15H11Cl2F2NO2/c1-6-13(7-3-9(16)12(19)5-11(7)18)10(17)4-8(14(6)20)15(21)22-2/h3-5H,20H2,1-2H3. The fourth-order valence-electron chi connectivity index (χ4n) is 2.12. The summed E-state index contributed by atoms with van der Waals surface area (Å²) >= 11 is 11.8. The van der Waals surface area contributed by atoms with Crippen molar-refractivity contribution >= 4 is 34.9 Å². The van der Waals surface area contributed by atoms with Crippen LogP contribution < -0.4 is 5.73 Å². The van der Waals surface area contributed by atoms with Gasteiger partial charge in [-0.1, -0.05) is 23.2 Å². The maximum absolute atomic E-state index is 14.0. The van der Waals surface area contributed by atoms with Crippen LogP contribution in [-0.4, -0.2) is 13.1 Å². The number of esters is 1. The van der Waals surface area contributed by atoms with Gasteiger partial charge in [0.1, 0.15) is 11.6 Å². The van der Waals surface area contributed by atoms with Crippen LogP contribution in [0.25, 0.3) is 11.1 Å². The van der Waals surface area contributed by atoms with Crippen molar-refractivity contribution in [3.8, 4) is 11.1 Å². The summed E-state index contributed by atoms with van der Waals surface area (Å²) in [6.45, 7) is 1.57. The van der Waals surface area contributed by atoms with Crippen molar-refractivity contribution in [3.05, 3.63) is 51.0 Å². The molecule has 3 nitrogen and oxygen atoms in total. The van der Waals surface area contributed by atoms with Crippen LogP contribution in [0.3, 0.4) is 0 Å². The Morgan fingerprint density at radius 1 is 1.14 bits per heavy atom. The molecule has 116 valence electrons. The molecule has 0 radical (unpaired) electrons. The summed E-state index contributed by atoms with van der Waals surface area (Å²) in [5.74, 6) is -2.38. The van der Waals surface area contributed by atoms with Crippen molar-refractivity contribution < 1.29 is 18.3 Å². The van der Waals surface area contributed by atoms with E-state index in [0.29, 0.717) is 11.6 Å². The number of hydrogen-bond acceptors (Lipinski definition) is 3. The lowest BCUT2D eigenvalue weighted by Crippen LogP contribution is -2.08. The van der Waals surface area contributed by atoms with Crippen LogP contribution in [0.2, 0.25) is 10.0 Å². The molecule has 2 rings (SSSR count). The molecule has 0 fully saturated rings. The minimum absolute atomic E-state index is 0.00276. The van der Waals surface area contributed by atoms with E-state index >= 15 is 0 Å². The SMILES string of the molecule is COC(=O)c1cc(Cl)c(-c2cc(Cl)c(F)cc2F)c(C)c1N. The largest absolute Gasteiger partial charge is 0.465 e. The summed E-state index contributed by atoms with van der Waals surface area (Å²) in [5, 5.41) is -0.170. The van der Waals surface area contributed by atoms with E-state index in [1.807, 2.05) is 0 Å². The number of nitrogen functional groups attached to an aromatic ring is 1. The van der Waals surface area contributed by atoms with Crippen LogP contribution in [0.1, 0.15) is 15.9 Å². The third-order valence-electron chi connectivity index (χ3n) is 3.26. The first kappa shape index (κ1) is 16.5. The van der Waals surface area contributed by atoms with Crippen molar-refractivity contribution in [1.82, 2.24) is 0 Å². The Bertz CT molecular complexity index is 779. The van der Waals surface area contributed by atoms with Gasteiger partial charge in [0.25, 0.3) is 0 Å². The van der Waals surface area contributed by atoms with E-state index in [1.54, 1.807) is 6.92 Å². The van der Waals surface area contributed by atoms with Gasteiger partial charge in [-0.3, -0.25) is 0 Å². The van der Waals surface area contributed by atoms with Gasteiger partial charge < -0.3 is 10.5 Å². The van der Waals surface area contributed by atoms with Crippen molar-refractivity contribution in [3.63, 3.8) is 0 Å². The monoisotopic (exact) mass is 345 g/mol. The average molecular weight is 346 g/mol. The zero-order valence-electron chi connectivity index (χ0n) is 11.6. The minimum Gasteiger partial charge on any atom is -0.465 e. The van der Waals surface area contributed by atoms with Gasteiger partial charge in [-0.15, -0.1) is 0 Å². The van der Waals surface area contributed by atoms with Crippen LogP contribution in [0, 0.1) is 18.6 Å². The summed E-state index contributed by atoms with van der Waals surface area (Å²) in [7, 11) is 1.21. The molecule has 0 saturated heterocycles. The van der Waals surface area contributed by atoms with E-state index in [0.717, 1.165) is 6.07 Å². The highest BCUT2D eigenvalue weighted by atomic mass is 35.5. The molecule has 0 unspecified atom stereocenters. The number of rotatable bonds is 2. The molecule has 2 aromatic carbocycles. The Kier molecular flexibility index (Phi) is 4.58. The fraction of sp³-hybridized carbons (Fsp3) is 0.133. The highest BCUT2D eigenvalue weighted by molar-refractivity contribution is 6.34. The first-order chi connectivity index (χ1) is 10.3. The van der Waals surface area contributed by atoms with Gasteiger partial charge in [-0.05, 0) is 24.6 Å². The van der Waals surface area contributed by atoms with Gasteiger partial charge in [0.15, 0.2) is 0 Å². The third-order valence-corrected chi connectivity index (χ3v) is 3.85. The molecule has 0 aliphatic rings. The van der Waals surface area contributed by atoms with Crippen molar-refractivity contribution in [1.29, 1.82) is 0 Å². The van der Waals surface area contributed by atoms with Crippen LogP contribution in [-0.2, 0) is 4.74 Å². The van der Waals surface area contributed by atoms with Crippen LogP contribution in [0.15, 0.2) is 18.2 Å². The van der Waals surface area contributed by atoms with Gasteiger partial charge in [-0.2, -0.15) is 0 Å². The van der Waals surface area contributed by atoms with E-state index in [1.165, 1.54) is 13.2 Å². The van der Waals surface area contributed by atoms with E-state index < -0.39 is 17.6 Å². The molecule has 0 atom stereocenters. The molecule has 2 N–H and O–H groups in total. The first-order valence-electron chi connectivity index (χ1n) is 6.09. The highest BCUT2D eigenvalue weighted by Gasteiger charge is 2.21. The van der Waals surface area contributed by atoms with E-state index in [9.17, 15) is 13.6 Å². The number of methoxy groups -OCH3 is 1. The Hall–Kier alpha value is -1.85. The summed E-state index contributed by atoms with van der Waals surface area (Å²) in [6, 6.07) is 3.07. The number of halogens is 4. The summed E-state index contributed by atoms with van der Waals surface area (Å²) < 4.78 is 31.9. The molecule has 22 heavy (non-hydrogen) atoms. The van der Waals surface area contributed by atoms with Crippen molar-refractivity contribution in [2.45, 2.75) is 6.92 Å². The maximum Gasteiger partial charge on any atom is 0.340 e. The topological polar surface area (TPSA) is 52.3 Å². The van der Waals surface area contributed by atoms with E-state index in [4.69, 9.17) is 28.9 Å². The lowest BCUT2D eigenvalue weighted by molar-refractivity contribution is 0.0602. The van der Waals surface area contributed by atoms with Gasteiger partial charge in [0.05, 0.1) is 17.7 Å². The smallest absolute Gasteiger partial charge is 0.340 e. The molecule has 7 heteroatoms. The predicted octanol–water partition coefficient (Wildman–Crippen LogP) is 4.62. The molecule has 2 aromatic rings. The summed E-state index contributed by atoms with van der Waals surface area (Å²) in [4.78, 5) is 11.6. The fourth-order valence-corrected chi connectivity index (χ4v) is 2.63. The maximum atomic E-state index is 14.0. The van der Waals surface area contributed by atoms with Crippen molar-refractivity contribution in [2.75, 3.05) is 12.8 Å². The lowest BCUT2D eigenvalue weighted by atomic mass is 9.95.